The summed E-state index contributed by atoms with van der Waals surface area (Å²) >= 11 is 2.79. The summed E-state index contributed by atoms with van der Waals surface area (Å²) in [5.41, 5.74) is 3.69. The fraction of sp³-hybridized carbons (Fsp3) is 0.0526. The van der Waals surface area contributed by atoms with E-state index >= 15 is 0 Å². The average Bonchev–Trinajstić information content (AvgIpc) is 3.57. The molecule has 0 aliphatic rings. The maximum absolute atomic E-state index is 13.3. The second-order valence-corrected chi connectivity index (χ2v) is 12.9. The monoisotopic (exact) mass is 654 g/mol. The van der Waals surface area contributed by atoms with E-state index in [9.17, 15) is 14.4 Å². The van der Waals surface area contributed by atoms with E-state index in [2.05, 4.69) is 45.2 Å². The summed E-state index contributed by atoms with van der Waals surface area (Å²) in [5.74, 6) is -1.00. The molecule has 0 bridgehead atoms. The molecule has 6 rings (SSSR count). The highest BCUT2D eigenvalue weighted by molar-refractivity contribution is 8.00. The summed E-state index contributed by atoms with van der Waals surface area (Å²) in [6.07, 6.45) is 1.63. The number of anilines is 2. The molecular weight excluding hydrogens is 625 g/mol. The first-order valence-electron chi connectivity index (χ1n) is 14.9. The van der Waals surface area contributed by atoms with Crippen LogP contribution in [0.25, 0.3) is 28.1 Å². The summed E-state index contributed by atoms with van der Waals surface area (Å²) in [7, 11) is 0. The Labute approximate surface area is 280 Å². The standard InChI is InChI=1S/C38H30N4O3S2/c1-25(35(43)42-38-41-34(24-46-38)30-17-16-27-12-8-9-15-29(27)23-30)47-32-20-18-31(19-21-32)39-37(45)33(22-26-10-4-2-5-11-26)40-36(44)28-13-6-3-7-14-28/h2-25H,1H3,(H,39,45)(H,40,44)(H,41,42,43)/b33-22-. The van der Waals surface area contributed by atoms with Crippen LogP contribution in [0.5, 0.6) is 0 Å². The number of thiazole rings is 1. The average molecular weight is 655 g/mol. The van der Waals surface area contributed by atoms with Crippen LogP contribution in [0.3, 0.4) is 0 Å². The van der Waals surface area contributed by atoms with Gasteiger partial charge in [0.2, 0.25) is 5.91 Å². The Kier molecular flexibility index (Phi) is 9.86. The number of aromatic nitrogens is 1. The van der Waals surface area contributed by atoms with E-state index in [4.69, 9.17) is 0 Å². The van der Waals surface area contributed by atoms with Crippen LogP contribution in [0, 0.1) is 0 Å². The Balaban J connectivity index is 1.07. The number of hydrogen-bond donors (Lipinski definition) is 3. The van der Waals surface area contributed by atoms with E-state index < -0.39 is 11.2 Å². The minimum absolute atomic E-state index is 0.111. The molecule has 5 aromatic carbocycles. The van der Waals surface area contributed by atoms with Gasteiger partial charge in [0.05, 0.1) is 10.9 Å². The number of hydrogen-bond acceptors (Lipinski definition) is 6. The van der Waals surface area contributed by atoms with Gasteiger partial charge >= 0.3 is 0 Å². The molecule has 1 heterocycles. The molecule has 9 heteroatoms. The predicted octanol–water partition coefficient (Wildman–Crippen LogP) is 8.49. The van der Waals surface area contributed by atoms with Crippen molar-refractivity contribution in [2.75, 3.05) is 10.6 Å². The SMILES string of the molecule is CC(Sc1ccc(NC(=O)/C(=C/c2ccccc2)NC(=O)c2ccccc2)cc1)C(=O)Nc1nc(-c2ccc3ccccc3c2)cs1. The summed E-state index contributed by atoms with van der Waals surface area (Å²) < 4.78 is 0. The number of nitrogens with one attached hydrogen (secondary N) is 3. The maximum Gasteiger partial charge on any atom is 0.272 e. The Morgan fingerprint density at radius 2 is 1.45 bits per heavy atom. The molecule has 0 aliphatic heterocycles. The maximum atomic E-state index is 13.3. The zero-order valence-corrected chi connectivity index (χ0v) is 27.0. The third-order valence-electron chi connectivity index (χ3n) is 7.21. The Morgan fingerprint density at radius 1 is 0.766 bits per heavy atom. The number of amides is 3. The van der Waals surface area contributed by atoms with Crippen molar-refractivity contribution in [3.63, 3.8) is 0 Å². The van der Waals surface area contributed by atoms with Crippen LogP contribution in [0.15, 0.2) is 143 Å². The van der Waals surface area contributed by atoms with Crippen molar-refractivity contribution >= 4 is 68.5 Å². The highest BCUT2D eigenvalue weighted by Crippen LogP contribution is 2.30. The van der Waals surface area contributed by atoms with Crippen LogP contribution >= 0.6 is 23.1 Å². The zero-order chi connectivity index (χ0) is 32.6. The van der Waals surface area contributed by atoms with Crippen LogP contribution in [-0.4, -0.2) is 28.0 Å². The molecule has 0 spiro atoms. The molecule has 1 aromatic heterocycles. The largest absolute Gasteiger partial charge is 0.321 e. The molecule has 3 amide bonds. The summed E-state index contributed by atoms with van der Waals surface area (Å²) in [4.78, 5) is 44.7. The fourth-order valence-corrected chi connectivity index (χ4v) is 6.34. The molecule has 6 aromatic rings. The number of fused-ring (bicyclic) bond motifs is 1. The topological polar surface area (TPSA) is 100 Å². The van der Waals surface area contributed by atoms with E-state index in [0.29, 0.717) is 16.4 Å². The van der Waals surface area contributed by atoms with Crippen LogP contribution in [-0.2, 0) is 9.59 Å². The highest BCUT2D eigenvalue weighted by atomic mass is 32.2. The number of carbonyl (C=O) groups excluding carboxylic acids is 3. The minimum Gasteiger partial charge on any atom is -0.321 e. The Hall–Kier alpha value is -5.51. The van der Waals surface area contributed by atoms with Gasteiger partial charge in [-0.2, -0.15) is 0 Å². The van der Waals surface area contributed by atoms with Gasteiger partial charge in [-0.15, -0.1) is 23.1 Å². The van der Waals surface area contributed by atoms with Crippen LogP contribution < -0.4 is 16.0 Å². The predicted molar refractivity (Wildman–Crippen MR) is 192 cm³/mol. The van der Waals surface area contributed by atoms with Crippen molar-refractivity contribution in [1.82, 2.24) is 10.3 Å². The second kappa shape index (κ2) is 14.7. The fourth-order valence-electron chi connectivity index (χ4n) is 4.75. The molecule has 47 heavy (non-hydrogen) atoms. The molecule has 0 saturated heterocycles. The van der Waals surface area contributed by atoms with Gasteiger partial charge < -0.3 is 16.0 Å². The molecule has 0 radical (unpaired) electrons. The van der Waals surface area contributed by atoms with Gasteiger partial charge in [0.1, 0.15) is 5.70 Å². The molecule has 7 nitrogen and oxygen atoms in total. The van der Waals surface area contributed by atoms with Crippen molar-refractivity contribution in [3.05, 3.63) is 150 Å². The number of thioether (sulfide) groups is 1. The van der Waals surface area contributed by atoms with Crippen LogP contribution in [0.1, 0.15) is 22.8 Å². The smallest absolute Gasteiger partial charge is 0.272 e. The van der Waals surface area contributed by atoms with Crippen molar-refractivity contribution < 1.29 is 14.4 Å². The first-order valence-corrected chi connectivity index (χ1v) is 16.6. The lowest BCUT2D eigenvalue weighted by Crippen LogP contribution is -2.30. The van der Waals surface area contributed by atoms with Gasteiger partial charge in [-0.3, -0.25) is 14.4 Å². The van der Waals surface area contributed by atoms with Gasteiger partial charge in [-0.25, -0.2) is 4.98 Å². The second-order valence-electron chi connectivity index (χ2n) is 10.6. The minimum atomic E-state index is -0.460. The van der Waals surface area contributed by atoms with Crippen LogP contribution in [0.4, 0.5) is 10.8 Å². The van der Waals surface area contributed by atoms with Gasteiger partial charge in [0, 0.05) is 27.1 Å². The number of rotatable bonds is 10. The lowest BCUT2D eigenvalue weighted by molar-refractivity contribution is -0.115. The molecule has 1 atom stereocenters. The highest BCUT2D eigenvalue weighted by Gasteiger charge is 2.18. The van der Waals surface area contributed by atoms with Crippen molar-refractivity contribution in [1.29, 1.82) is 0 Å². The van der Waals surface area contributed by atoms with Crippen molar-refractivity contribution in [2.45, 2.75) is 17.1 Å². The lowest BCUT2D eigenvalue weighted by Gasteiger charge is -2.13. The van der Waals surface area contributed by atoms with Gasteiger partial charge in [0.15, 0.2) is 5.13 Å². The zero-order valence-electron chi connectivity index (χ0n) is 25.3. The summed E-state index contributed by atoms with van der Waals surface area (Å²) in [6, 6.07) is 39.6. The third-order valence-corrected chi connectivity index (χ3v) is 9.08. The number of benzene rings is 5. The van der Waals surface area contributed by atoms with Gasteiger partial charge in [-0.05, 0) is 71.8 Å². The van der Waals surface area contributed by atoms with E-state index in [0.717, 1.165) is 27.1 Å². The first-order chi connectivity index (χ1) is 22.9. The third kappa shape index (κ3) is 8.21. The van der Waals surface area contributed by atoms with E-state index in [-0.39, 0.29) is 17.5 Å². The normalized spacial score (nSPS) is 11.9. The van der Waals surface area contributed by atoms with Crippen molar-refractivity contribution in [2.24, 2.45) is 0 Å². The molecule has 1 unspecified atom stereocenters. The van der Waals surface area contributed by atoms with E-state index in [1.165, 1.54) is 28.5 Å². The summed E-state index contributed by atoms with van der Waals surface area (Å²) in [6.45, 7) is 1.84. The first kappa shape index (κ1) is 31.5. The van der Waals surface area contributed by atoms with Gasteiger partial charge in [0.25, 0.3) is 11.8 Å². The lowest BCUT2D eigenvalue weighted by atomic mass is 10.1. The molecule has 0 aliphatic carbocycles. The van der Waals surface area contributed by atoms with E-state index in [1.54, 1.807) is 42.5 Å². The molecule has 3 N–H and O–H groups in total. The molecule has 232 valence electrons. The van der Waals surface area contributed by atoms with Crippen molar-refractivity contribution in [3.8, 4) is 11.3 Å². The molecular formula is C38H30N4O3S2. The molecule has 0 saturated carbocycles. The quantitative estimate of drug-likeness (QED) is 0.102. The van der Waals surface area contributed by atoms with Crippen LogP contribution in [0.2, 0.25) is 0 Å². The Bertz CT molecular complexity index is 2060. The summed E-state index contributed by atoms with van der Waals surface area (Å²) in [5, 5.41) is 12.9. The van der Waals surface area contributed by atoms with Gasteiger partial charge in [-0.1, -0.05) is 84.9 Å². The van der Waals surface area contributed by atoms with E-state index in [1.807, 2.05) is 79.0 Å². The number of carbonyl (C=O) groups is 3. The Morgan fingerprint density at radius 3 is 2.19 bits per heavy atom. The molecule has 0 fully saturated rings. The number of nitrogens with zero attached hydrogens (tertiary/aromatic N) is 1.